The number of nitrogens with zero attached hydrogens (tertiary/aromatic N) is 2. The highest BCUT2D eigenvalue weighted by Crippen LogP contribution is 2.29. The Kier molecular flexibility index (Phi) is 7.50. The summed E-state index contributed by atoms with van der Waals surface area (Å²) in [6.45, 7) is 3.35. The third kappa shape index (κ3) is 6.73. The van der Waals surface area contributed by atoms with Gasteiger partial charge in [0.2, 0.25) is 0 Å². The number of halogens is 5. The van der Waals surface area contributed by atoms with E-state index in [0.29, 0.717) is 5.70 Å². The first-order chi connectivity index (χ1) is 15.0. The van der Waals surface area contributed by atoms with E-state index in [1.165, 1.54) is 21.9 Å². The highest BCUT2D eigenvalue weighted by Gasteiger charge is 2.44. The molecule has 0 bridgehead atoms. The zero-order chi connectivity index (χ0) is 23.5. The van der Waals surface area contributed by atoms with Crippen molar-refractivity contribution in [1.82, 2.24) is 15.1 Å². The second-order valence-electron chi connectivity index (χ2n) is 7.70. The second-order valence-corrected chi connectivity index (χ2v) is 8.11. The Bertz CT molecular complexity index is 877. The minimum absolute atomic E-state index is 0.0613. The van der Waals surface area contributed by atoms with Gasteiger partial charge in [-0.25, -0.2) is 9.18 Å². The minimum atomic E-state index is -4.25. The number of carbonyl (C=O) groups is 2. The fraction of sp³-hybridized carbons (Fsp3) is 0.500. The number of hydrogen-bond acceptors (Lipinski definition) is 5. The van der Waals surface area contributed by atoms with E-state index in [9.17, 15) is 27.2 Å². The van der Waals surface area contributed by atoms with Crippen molar-refractivity contribution in [3.63, 3.8) is 0 Å². The Balaban J connectivity index is 1.34. The molecule has 2 heterocycles. The Morgan fingerprint density at radius 2 is 2.03 bits per heavy atom. The zero-order valence-corrected chi connectivity index (χ0v) is 17.7. The number of nitrogens with one attached hydrogen (secondary N) is 1. The van der Waals surface area contributed by atoms with E-state index in [-0.39, 0.29) is 55.9 Å². The number of carbonyl (C=O) groups excluding carboxylic acids is 2. The number of likely N-dealkylation sites (tertiary alicyclic amines) is 1. The summed E-state index contributed by atoms with van der Waals surface area (Å²) >= 11 is 5.58. The summed E-state index contributed by atoms with van der Waals surface area (Å²) in [6, 6.07) is 3.79. The van der Waals surface area contributed by atoms with Gasteiger partial charge in [0.25, 0.3) is 5.91 Å². The fourth-order valence-corrected chi connectivity index (χ4v) is 3.59. The van der Waals surface area contributed by atoms with E-state index in [2.05, 4.69) is 11.9 Å². The molecule has 2 amide bonds. The SMILES string of the molecule is C=C(CCN1C[C@@H](C2CN(CC(F)(F)F)C2)OC1=O)NC(=O)COc1ccc(Cl)c(F)c1. The Morgan fingerprint density at radius 1 is 1.31 bits per heavy atom. The van der Waals surface area contributed by atoms with E-state index in [4.69, 9.17) is 21.1 Å². The molecule has 0 spiro atoms. The van der Waals surface area contributed by atoms with Crippen LogP contribution in [0.4, 0.5) is 22.4 Å². The lowest BCUT2D eigenvalue weighted by Crippen LogP contribution is -2.55. The van der Waals surface area contributed by atoms with Crippen LogP contribution in [0.1, 0.15) is 6.42 Å². The maximum Gasteiger partial charge on any atom is 0.410 e. The number of amides is 2. The Hall–Kier alpha value is -2.53. The van der Waals surface area contributed by atoms with Crippen LogP contribution in [0.2, 0.25) is 5.02 Å². The summed E-state index contributed by atoms with van der Waals surface area (Å²) in [5, 5.41) is 2.47. The molecule has 2 fully saturated rings. The largest absolute Gasteiger partial charge is 0.484 e. The molecule has 1 atom stereocenters. The predicted octanol–water partition coefficient (Wildman–Crippen LogP) is 3.19. The van der Waals surface area contributed by atoms with Gasteiger partial charge in [-0.2, -0.15) is 13.2 Å². The van der Waals surface area contributed by atoms with Gasteiger partial charge in [0.05, 0.1) is 18.1 Å². The monoisotopic (exact) mass is 479 g/mol. The highest BCUT2D eigenvalue weighted by atomic mass is 35.5. The summed E-state index contributed by atoms with van der Waals surface area (Å²) in [7, 11) is 0. The van der Waals surface area contributed by atoms with Crippen molar-refractivity contribution in [3.8, 4) is 5.75 Å². The third-order valence-corrected chi connectivity index (χ3v) is 5.39. The van der Waals surface area contributed by atoms with Crippen molar-refractivity contribution in [2.75, 3.05) is 39.3 Å². The average Bonchev–Trinajstić information content (AvgIpc) is 3.03. The molecular weight excluding hydrogens is 458 g/mol. The van der Waals surface area contributed by atoms with E-state index in [0.717, 1.165) is 6.07 Å². The van der Waals surface area contributed by atoms with Crippen LogP contribution in [0.5, 0.6) is 5.75 Å². The normalized spacial score (nSPS) is 19.5. The molecule has 176 valence electrons. The molecule has 0 saturated carbocycles. The van der Waals surface area contributed by atoms with Crippen molar-refractivity contribution < 1.29 is 36.6 Å². The van der Waals surface area contributed by atoms with Crippen molar-refractivity contribution in [1.29, 1.82) is 0 Å². The Morgan fingerprint density at radius 3 is 2.69 bits per heavy atom. The Labute approximate surface area is 186 Å². The van der Waals surface area contributed by atoms with E-state index >= 15 is 0 Å². The van der Waals surface area contributed by atoms with Crippen LogP contribution < -0.4 is 10.1 Å². The van der Waals surface area contributed by atoms with Gasteiger partial charge in [-0.05, 0) is 12.1 Å². The molecule has 7 nitrogen and oxygen atoms in total. The predicted molar refractivity (Wildman–Crippen MR) is 107 cm³/mol. The number of ether oxygens (including phenoxy) is 2. The van der Waals surface area contributed by atoms with Crippen LogP contribution >= 0.6 is 11.6 Å². The van der Waals surface area contributed by atoms with Crippen molar-refractivity contribution in [3.05, 3.63) is 41.3 Å². The van der Waals surface area contributed by atoms with Crippen LogP contribution in [0, 0.1) is 11.7 Å². The van der Waals surface area contributed by atoms with Crippen molar-refractivity contribution in [2.45, 2.75) is 18.7 Å². The lowest BCUT2D eigenvalue weighted by molar-refractivity contribution is -0.163. The van der Waals surface area contributed by atoms with Crippen LogP contribution in [-0.2, 0) is 9.53 Å². The van der Waals surface area contributed by atoms with Crippen molar-refractivity contribution in [2.24, 2.45) is 5.92 Å². The molecule has 0 aliphatic carbocycles. The molecule has 2 saturated heterocycles. The molecule has 32 heavy (non-hydrogen) atoms. The van der Waals surface area contributed by atoms with E-state index < -0.39 is 36.6 Å². The van der Waals surface area contributed by atoms with E-state index in [1.54, 1.807) is 0 Å². The van der Waals surface area contributed by atoms with Crippen LogP contribution in [0.15, 0.2) is 30.5 Å². The topological polar surface area (TPSA) is 71.1 Å². The quantitative estimate of drug-likeness (QED) is 0.551. The molecule has 1 aromatic carbocycles. The van der Waals surface area contributed by atoms with Crippen molar-refractivity contribution >= 4 is 23.6 Å². The first kappa shape index (κ1) is 24.1. The van der Waals surface area contributed by atoms with Gasteiger partial charge >= 0.3 is 12.3 Å². The molecule has 0 unspecified atom stereocenters. The highest BCUT2D eigenvalue weighted by molar-refractivity contribution is 6.30. The molecule has 1 N–H and O–H groups in total. The third-order valence-electron chi connectivity index (χ3n) is 5.09. The standard InChI is InChI=1S/C20H22ClF4N3O4/c1-12(26-18(29)10-31-14-2-3-15(21)16(22)6-14)4-5-28-9-17(32-19(28)30)13-7-27(8-13)11-20(23,24)25/h2-3,6,13,17H,1,4-5,7-11H2,(H,26,29)/t17-/m0/s1. The molecule has 0 radical (unpaired) electrons. The summed E-state index contributed by atoms with van der Waals surface area (Å²) in [5.74, 6) is -1.17. The number of cyclic esters (lactones) is 1. The molecule has 12 heteroatoms. The number of benzene rings is 1. The molecule has 0 aromatic heterocycles. The van der Waals surface area contributed by atoms with E-state index in [1.807, 2.05) is 0 Å². The van der Waals surface area contributed by atoms with Gasteiger partial charge in [0.15, 0.2) is 6.61 Å². The van der Waals surface area contributed by atoms with Crippen LogP contribution in [0.25, 0.3) is 0 Å². The lowest BCUT2D eigenvalue weighted by atomic mass is 9.93. The lowest BCUT2D eigenvalue weighted by Gasteiger charge is -2.41. The van der Waals surface area contributed by atoms with Gasteiger partial charge in [0, 0.05) is 43.7 Å². The molecule has 2 aliphatic rings. The van der Waals surface area contributed by atoms with Gasteiger partial charge in [0.1, 0.15) is 17.7 Å². The summed E-state index contributed by atoms with van der Waals surface area (Å²) < 4.78 is 61.0. The van der Waals surface area contributed by atoms with Gasteiger partial charge in [-0.3, -0.25) is 9.69 Å². The average molecular weight is 480 g/mol. The maximum atomic E-state index is 13.4. The van der Waals surface area contributed by atoms with Gasteiger partial charge in [-0.15, -0.1) is 0 Å². The fourth-order valence-electron chi connectivity index (χ4n) is 3.47. The molecular formula is C20H22ClF4N3O4. The first-order valence-corrected chi connectivity index (χ1v) is 10.2. The number of hydrogen-bond donors (Lipinski definition) is 1. The van der Waals surface area contributed by atoms with Crippen LogP contribution in [-0.4, -0.2) is 73.4 Å². The molecule has 3 rings (SSSR count). The number of rotatable bonds is 9. The van der Waals surface area contributed by atoms with Crippen LogP contribution in [0.3, 0.4) is 0 Å². The first-order valence-electron chi connectivity index (χ1n) is 9.80. The summed E-state index contributed by atoms with van der Waals surface area (Å²) in [4.78, 5) is 26.7. The van der Waals surface area contributed by atoms with Gasteiger partial charge < -0.3 is 19.7 Å². The zero-order valence-electron chi connectivity index (χ0n) is 17.0. The number of alkyl halides is 3. The molecule has 1 aromatic rings. The van der Waals surface area contributed by atoms with Gasteiger partial charge in [-0.1, -0.05) is 18.2 Å². The molecule has 2 aliphatic heterocycles. The second kappa shape index (κ2) is 9.95. The summed E-state index contributed by atoms with van der Waals surface area (Å²) in [6.07, 6.45) is -4.99. The minimum Gasteiger partial charge on any atom is -0.484 e. The maximum absolute atomic E-state index is 13.4. The summed E-state index contributed by atoms with van der Waals surface area (Å²) in [5.41, 5.74) is 0.345. The smallest absolute Gasteiger partial charge is 0.410 e.